The molecule has 0 aromatic carbocycles. The number of nitrogens with zero attached hydrogens (tertiary/aromatic N) is 1. The van der Waals surface area contributed by atoms with E-state index in [1.54, 1.807) is 0 Å². The first kappa shape index (κ1) is 11.9. The second-order valence-electron chi connectivity index (χ2n) is 5.57. The van der Waals surface area contributed by atoms with Gasteiger partial charge in [-0.1, -0.05) is 35.7 Å². The van der Waals surface area contributed by atoms with Crippen molar-refractivity contribution in [2.24, 2.45) is 11.8 Å². The van der Waals surface area contributed by atoms with Crippen LogP contribution in [-0.4, -0.2) is 29.4 Å². The summed E-state index contributed by atoms with van der Waals surface area (Å²) in [6.45, 7) is 5.14. The van der Waals surface area contributed by atoms with E-state index in [-0.39, 0.29) is 0 Å². The van der Waals surface area contributed by atoms with Gasteiger partial charge in [0.05, 0.1) is 0 Å². The average molecular weight is 274 g/mol. The predicted octanol–water partition coefficient (Wildman–Crippen LogP) is 3.67. The van der Waals surface area contributed by atoms with E-state index >= 15 is 0 Å². The first-order valence-electron chi connectivity index (χ1n) is 6.59. The maximum absolute atomic E-state index is 3.65. The molecule has 88 valence electrons. The second kappa shape index (κ2) is 5.67. The van der Waals surface area contributed by atoms with E-state index in [1.165, 1.54) is 56.9 Å². The van der Waals surface area contributed by atoms with Crippen molar-refractivity contribution in [2.75, 3.05) is 18.4 Å². The average Bonchev–Trinajstić information content (AvgIpc) is 2.69. The molecule has 0 N–H and O–H groups in total. The Hall–Kier alpha value is 0.440. The number of halogens is 1. The Morgan fingerprint density at radius 2 is 1.87 bits per heavy atom. The molecule has 0 amide bonds. The van der Waals surface area contributed by atoms with Crippen molar-refractivity contribution < 1.29 is 0 Å². The molecule has 1 nitrogen and oxygen atoms in total. The summed E-state index contributed by atoms with van der Waals surface area (Å²) in [6, 6.07) is 0.837. The van der Waals surface area contributed by atoms with Gasteiger partial charge in [-0.2, -0.15) is 0 Å². The van der Waals surface area contributed by atoms with Gasteiger partial charge in [0, 0.05) is 17.9 Å². The van der Waals surface area contributed by atoms with Crippen molar-refractivity contribution in [2.45, 2.75) is 51.5 Å². The Balaban J connectivity index is 1.76. The predicted molar refractivity (Wildman–Crippen MR) is 69.5 cm³/mol. The molecular weight excluding hydrogens is 250 g/mol. The Kier molecular flexibility index (Phi) is 4.51. The van der Waals surface area contributed by atoms with Crippen molar-refractivity contribution in [3.8, 4) is 0 Å². The lowest BCUT2D eigenvalue weighted by atomic mass is 9.83. The Morgan fingerprint density at radius 1 is 1.13 bits per heavy atom. The molecule has 15 heavy (non-hydrogen) atoms. The van der Waals surface area contributed by atoms with Crippen molar-refractivity contribution >= 4 is 15.9 Å². The third-order valence-electron chi connectivity index (χ3n) is 4.31. The monoisotopic (exact) mass is 273 g/mol. The lowest BCUT2D eigenvalue weighted by Crippen LogP contribution is -2.36. The van der Waals surface area contributed by atoms with Crippen LogP contribution in [0, 0.1) is 11.8 Å². The van der Waals surface area contributed by atoms with E-state index < -0.39 is 0 Å². The molecule has 1 saturated carbocycles. The van der Waals surface area contributed by atoms with E-state index in [0.717, 1.165) is 17.9 Å². The first-order chi connectivity index (χ1) is 7.29. The summed E-state index contributed by atoms with van der Waals surface area (Å²) in [5, 5.41) is 1.18. The first-order valence-corrected chi connectivity index (χ1v) is 7.71. The molecule has 0 aromatic rings. The minimum Gasteiger partial charge on any atom is -0.299 e. The maximum atomic E-state index is 3.65. The van der Waals surface area contributed by atoms with E-state index in [1.807, 2.05) is 0 Å². The normalized spacial score (nSPS) is 38.4. The van der Waals surface area contributed by atoms with Crippen molar-refractivity contribution in [3.05, 3.63) is 0 Å². The molecule has 0 bridgehead atoms. The summed E-state index contributed by atoms with van der Waals surface area (Å²) in [4.78, 5) is 2.73. The summed E-state index contributed by atoms with van der Waals surface area (Å²) >= 11 is 3.65. The molecule has 1 atom stereocenters. The van der Waals surface area contributed by atoms with Gasteiger partial charge in [-0.25, -0.2) is 0 Å². The fourth-order valence-electron chi connectivity index (χ4n) is 3.15. The highest BCUT2D eigenvalue weighted by Crippen LogP contribution is 2.30. The fourth-order valence-corrected chi connectivity index (χ4v) is 3.89. The highest BCUT2D eigenvalue weighted by molar-refractivity contribution is 9.09. The molecule has 1 saturated heterocycles. The summed E-state index contributed by atoms with van der Waals surface area (Å²) < 4.78 is 0. The number of hydrogen-bond acceptors (Lipinski definition) is 1. The summed E-state index contributed by atoms with van der Waals surface area (Å²) in [5.74, 6) is 1.99. The Bertz CT molecular complexity index is 187. The van der Waals surface area contributed by atoms with Crippen LogP contribution in [0.4, 0.5) is 0 Å². The van der Waals surface area contributed by atoms with Gasteiger partial charge in [-0.15, -0.1) is 0 Å². The highest BCUT2D eigenvalue weighted by atomic mass is 79.9. The summed E-state index contributed by atoms with van der Waals surface area (Å²) in [7, 11) is 0. The third-order valence-corrected chi connectivity index (χ3v) is 5.05. The Morgan fingerprint density at radius 3 is 2.53 bits per heavy atom. The van der Waals surface area contributed by atoms with Crippen LogP contribution in [0.2, 0.25) is 0 Å². The van der Waals surface area contributed by atoms with Gasteiger partial charge >= 0.3 is 0 Å². The maximum Gasteiger partial charge on any atom is 0.0193 e. The van der Waals surface area contributed by atoms with Crippen molar-refractivity contribution in [3.63, 3.8) is 0 Å². The van der Waals surface area contributed by atoms with E-state index in [2.05, 4.69) is 27.8 Å². The Labute approximate surface area is 103 Å². The van der Waals surface area contributed by atoms with Gasteiger partial charge < -0.3 is 0 Å². The minimum absolute atomic E-state index is 0.837. The molecule has 2 heteroatoms. The molecule has 2 rings (SSSR count). The van der Waals surface area contributed by atoms with Crippen LogP contribution in [0.3, 0.4) is 0 Å². The van der Waals surface area contributed by atoms with Crippen molar-refractivity contribution in [1.82, 2.24) is 4.90 Å². The van der Waals surface area contributed by atoms with Gasteiger partial charge in [-0.05, 0) is 44.1 Å². The van der Waals surface area contributed by atoms with Gasteiger partial charge in [0.25, 0.3) is 0 Å². The molecular formula is C13H24BrN. The molecule has 2 fully saturated rings. The van der Waals surface area contributed by atoms with E-state index in [4.69, 9.17) is 0 Å². The molecule has 0 aromatic heterocycles. The smallest absolute Gasteiger partial charge is 0.0193 e. The number of rotatable bonds is 3. The van der Waals surface area contributed by atoms with Crippen LogP contribution >= 0.6 is 15.9 Å². The topological polar surface area (TPSA) is 3.24 Å². The third kappa shape index (κ3) is 3.20. The lowest BCUT2D eigenvalue weighted by molar-refractivity contribution is 0.182. The standard InChI is InChI=1S/C13H24BrN/c1-11-4-6-12(7-5-11)10-15-8-2-3-13(15)9-14/h11-13H,2-10H2,1H3. The fraction of sp³-hybridized carbons (Fsp3) is 1.00. The van der Waals surface area contributed by atoms with Crippen molar-refractivity contribution in [1.29, 1.82) is 0 Å². The van der Waals surface area contributed by atoms with Crippen LogP contribution in [0.5, 0.6) is 0 Å². The van der Waals surface area contributed by atoms with Crippen LogP contribution in [0.15, 0.2) is 0 Å². The number of likely N-dealkylation sites (tertiary alicyclic amines) is 1. The molecule has 2 aliphatic rings. The van der Waals surface area contributed by atoms with Gasteiger partial charge in [0.15, 0.2) is 0 Å². The van der Waals surface area contributed by atoms with E-state index in [0.29, 0.717) is 0 Å². The lowest BCUT2D eigenvalue weighted by Gasteiger charge is -2.32. The molecule has 1 aliphatic carbocycles. The zero-order valence-electron chi connectivity index (χ0n) is 9.92. The second-order valence-corrected chi connectivity index (χ2v) is 6.22. The van der Waals surface area contributed by atoms with Gasteiger partial charge in [0.1, 0.15) is 0 Å². The van der Waals surface area contributed by atoms with Crippen LogP contribution in [0.1, 0.15) is 45.4 Å². The van der Waals surface area contributed by atoms with Gasteiger partial charge in [-0.3, -0.25) is 4.90 Å². The largest absolute Gasteiger partial charge is 0.299 e. The van der Waals surface area contributed by atoms with Crippen LogP contribution < -0.4 is 0 Å². The molecule has 0 spiro atoms. The molecule has 0 radical (unpaired) electrons. The number of hydrogen-bond donors (Lipinski definition) is 0. The summed E-state index contributed by atoms with van der Waals surface area (Å²) in [6.07, 6.45) is 8.72. The SMILES string of the molecule is CC1CCC(CN2CCCC2CBr)CC1. The quantitative estimate of drug-likeness (QED) is 0.710. The summed E-state index contributed by atoms with van der Waals surface area (Å²) in [5.41, 5.74) is 0. The molecule has 1 heterocycles. The zero-order valence-corrected chi connectivity index (χ0v) is 11.5. The molecule has 1 aliphatic heterocycles. The zero-order chi connectivity index (χ0) is 10.7. The van der Waals surface area contributed by atoms with Crippen LogP contribution in [0.25, 0.3) is 0 Å². The minimum atomic E-state index is 0.837. The van der Waals surface area contributed by atoms with Crippen LogP contribution in [-0.2, 0) is 0 Å². The number of alkyl halides is 1. The van der Waals surface area contributed by atoms with E-state index in [9.17, 15) is 0 Å². The van der Waals surface area contributed by atoms with Gasteiger partial charge in [0.2, 0.25) is 0 Å². The molecule has 1 unspecified atom stereocenters. The highest BCUT2D eigenvalue weighted by Gasteiger charge is 2.27.